The molecule has 11 heavy (non-hydrogen) atoms. The molecule has 0 bridgehead atoms. The van der Waals surface area contributed by atoms with Crippen molar-refractivity contribution >= 4 is 19.4 Å². The first-order chi connectivity index (χ1) is 5.41. The maximum atomic E-state index is 4.85. The van der Waals surface area contributed by atoms with Gasteiger partial charge in [0.25, 0.3) is 0 Å². The van der Waals surface area contributed by atoms with Crippen LogP contribution in [0.3, 0.4) is 0 Å². The van der Waals surface area contributed by atoms with E-state index < -0.39 is 0 Å². The molecule has 0 atom stereocenters. The van der Waals surface area contributed by atoms with Crippen molar-refractivity contribution in [2.24, 2.45) is 0 Å². The third kappa shape index (κ3) is 10.7. The van der Waals surface area contributed by atoms with Gasteiger partial charge in [0.1, 0.15) is 0 Å². The molecule has 1 aliphatic carbocycles. The Morgan fingerprint density at radius 1 is 1.27 bits per heavy atom. The molecular formula is C8H11Cl2Ru-. The van der Waals surface area contributed by atoms with Crippen molar-refractivity contribution in [1.29, 1.82) is 0 Å². The summed E-state index contributed by atoms with van der Waals surface area (Å²) >= 11 is -0.346. The molecule has 0 aromatic rings. The van der Waals surface area contributed by atoms with Crippen LogP contribution in [-0.2, 0) is 15.1 Å². The Kier molecular flexibility index (Phi) is 11.3. The van der Waals surface area contributed by atoms with Gasteiger partial charge in [0.05, 0.1) is 0 Å². The fourth-order valence-electron chi connectivity index (χ4n) is 0.805. The Balaban J connectivity index is 0.000000292. The summed E-state index contributed by atoms with van der Waals surface area (Å²) in [5.74, 6) is 0. The second-order valence-corrected chi connectivity index (χ2v) is 4.73. The molecule has 0 nitrogen and oxygen atoms in total. The van der Waals surface area contributed by atoms with E-state index in [1.165, 1.54) is 19.3 Å². The van der Waals surface area contributed by atoms with Crippen LogP contribution in [0.15, 0.2) is 18.2 Å². The summed E-state index contributed by atoms with van der Waals surface area (Å²) in [4.78, 5) is 0. The van der Waals surface area contributed by atoms with Crippen molar-refractivity contribution in [2.45, 2.75) is 25.7 Å². The zero-order chi connectivity index (χ0) is 8.36. The third-order valence-corrected chi connectivity index (χ3v) is 1.29. The molecule has 0 saturated heterocycles. The maximum absolute atomic E-state index is 4.85. The van der Waals surface area contributed by atoms with Crippen LogP contribution in [0.2, 0.25) is 0 Å². The van der Waals surface area contributed by atoms with Crippen LogP contribution in [0.4, 0.5) is 0 Å². The van der Waals surface area contributed by atoms with E-state index >= 15 is 0 Å². The molecule has 0 fully saturated rings. The van der Waals surface area contributed by atoms with Crippen LogP contribution in [0.25, 0.3) is 0 Å². The van der Waals surface area contributed by atoms with E-state index in [0.29, 0.717) is 0 Å². The Labute approximate surface area is 84.3 Å². The molecule has 3 heteroatoms. The number of hydrogen-bond acceptors (Lipinski definition) is 0. The Hall–Kier alpha value is 0.683. The molecule has 0 aliphatic heterocycles. The van der Waals surface area contributed by atoms with Gasteiger partial charge >= 0.3 is 34.5 Å². The second kappa shape index (κ2) is 10.7. The molecule has 0 saturated carbocycles. The fourth-order valence-corrected chi connectivity index (χ4v) is 0.805. The van der Waals surface area contributed by atoms with E-state index in [0.717, 1.165) is 6.42 Å². The molecule has 0 amide bonds. The predicted octanol–water partition coefficient (Wildman–Crippen LogP) is 3.85. The van der Waals surface area contributed by atoms with Crippen molar-refractivity contribution in [1.82, 2.24) is 0 Å². The van der Waals surface area contributed by atoms with Crippen LogP contribution >= 0.6 is 19.4 Å². The van der Waals surface area contributed by atoms with E-state index in [2.05, 4.69) is 18.2 Å². The molecule has 0 N–H and O–H groups in total. The normalized spacial score (nSPS) is 16.5. The molecule has 1 rings (SSSR count). The SMILES string of the molecule is [C-]1=CC=CCCCC1.[Cl][Ru][Cl]. The zero-order valence-corrected chi connectivity index (χ0v) is 9.42. The third-order valence-electron chi connectivity index (χ3n) is 1.29. The van der Waals surface area contributed by atoms with Gasteiger partial charge in [-0.3, -0.25) is 6.08 Å². The van der Waals surface area contributed by atoms with Gasteiger partial charge in [-0.1, -0.05) is 19.3 Å². The topological polar surface area (TPSA) is 0 Å². The van der Waals surface area contributed by atoms with Crippen LogP contribution in [-0.4, -0.2) is 0 Å². The number of hydrogen-bond donors (Lipinski definition) is 0. The van der Waals surface area contributed by atoms with Gasteiger partial charge in [-0.25, -0.2) is 12.2 Å². The van der Waals surface area contributed by atoms with E-state index in [4.69, 9.17) is 19.4 Å². The quantitative estimate of drug-likeness (QED) is 0.466. The van der Waals surface area contributed by atoms with Crippen LogP contribution in [0, 0.1) is 6.08 Å². The molecule has 0 radical (unpaired) electrons. The molecule has 0 heterocycles. The first kappa shape index (κ1) is 11.7. The average molecular weight is 279 g/mol. The average Bonchev–Trinajstić information content (AvgIpc) is 1.86. The zero-order valence-electron chi connectivity index (χ0n) is 6.17. The van der Waals surface area contributed by atoms with Crippen molar-refractivity contribution < 1.29 is 15.1 Å². The van der Waals surface area contributed by atoms with E-state index in [-0.39, 0.29) is 15.1 Å². The molecule has 0 spiro atoms. The fraction of sp³-hybridized carbons (Fsp3) is 0.500. The van der Waals surface area contributed by atoms with Crippen molar-refractivity contribution in [3.63, 3.8) is 0 Å². The first-order valence-corrected chi connectivity index (χ1v) is 7.96. The van der Waals surface area contributed by atoms with Crippen molar-refractivity contribution in [2.75, 3.05) is 0 Å². The Morgan fingerprint density at radius 3 is 2.73 bits per heavy atom. The first-order valence-electron chi connectivity index (χ1n) is 3.48. The summed E-state index contributed by atoms with van der Waals surface area (Å²) in [5, 5.41) is 0. The van der Waals surface area contributed by atoms with Gasteiger partial charge in [-0.2, -0.15) is 6.08 Å². The van der Waals surface area contributed by atoms with Crippen molar-refractivity contribution in [3.05, 3.63) is 24.3 Å². The Morgan fingerprint density at radius 2 is 2.00 bits per heavy atom. The van der Waals surface area contributed by atoms with Gasteiger partial charge < -0.3 is 0 Å². The summed E-state index contributed by atoms with van der Waals surface area (Å²) in [5.41, 5.74) is 0. The summed E-state index contributed by atoms with van der Waals surface area (Å²) in [7, 11) is 9.71. The summed E-state index contributed by atoms with van der Waals surface area (Å²) in [6.07, 6.45) is 14.5. The van der Waals surface area contributed by atoms with Crippen LogP contribution in [0.5, 0.6) is 0 Å². The monoisotopic (exact) mass is 279 g/mol. The Bertz CT molecular complexity index is 107. The number of rotatable bonds is 0. The van der Waals surface area contributed by atoms with E-state index in [1.807, 2.05) is 6.08 Å². The molecule has 0 unspecified atom stereocenters. The minimum atomic E-state index is -0.346. The van der Waals surface area contributed by atoms with E-state index in [9.17, 15) is 0 Å². The summed E-state index contributed by atoms with van der Waals surface area (Å²) < 4.78 is 0. The summed E-state index contributed by atoms with van der Waals surface area (Å²) in [6, 6.07) is 0. The number of allylic oxidation sites excluding steroid dienone is 4. The van der Waals surface area contributed by atoms with Crippen molar-refractivity contribution in [3.8, 4) is 0 Å². The second-order valence-electron chi connectivity index (χ2n) is 2.10. The van der Waals surface area contributed by atoms with Crippen LogP contribution in [0.1, 0.15) is 25.7 Å². The van der Waals surface area contributed by atoms with E-state index in [1.54, 1.807) is 0 Å². The standard InChI is InChI=1S/C8H11.2ClH.Ru/c1-2-4-6-8-7-5-3-1;;;/h1-3H,4,6-8H2;2*1H;/q-1;;;+2/p-2. The predicted molar refractivity (Wildman–Crippen MR) is 47.1 cm³/mol. The minimum absolute atomic E-state index is 0.346. The molecular weight excluding hydrogens is 268 g/mol. The molecule has 1 aliphatic rings. The molecule has 0 aromatic heterocycles. The number of halogens is 2. The van der Waals surface area contributed by atoms with Gasteiger partial charge in [-0.05, 0) is 0 Å². The van der Waals surface area contributed by atoms with Gasteiger partial charge in [0, 0.05) is 0 Å². The van der Waals surface area contributed by atoms with Gasteiger partial charge in [0.15, 0.2) is 0 Å². The molecule has 66 valence electrons. The van der Waals surface area contributed by atoms with Gasteiger partial charge in [-0.15, -0.1) is 6.42 Å². The summed E-state index contributed by atoms with van der Waals surface area (Å²) in [6.45, 7) is 0. The molecule has 0 aromatic carbocycles. The van der Waals surface area contributed by atoms with Gasteiger partial charge in [0.2, 0.25) is 0 Å². The van der Waals surface area contributed by atoms with Crippen LogP contribution < -0.4 is 0 Å².